The van der Waals surface area contributed by atoms with Gasteiger partial charge in [-0.25, -0.2) is 12.8 Å². The largest absolute Gasteiger partial charge is 0.307 e. The monoisotopic (exact) mass is 458 g/mol. The molecule has 0 atom stereocenters. The lowest BCUT2D eigenvalue weighted by molar-refractivity contribution is 0.0993. The van der Waals surface area contributed by atoms with E-state index in [-0.39, 0.29) is 16.6 Å². The highest BCUT2D eigenvalue weighted by Gasteiger charge is 2.29. The normalized spacial score (nSPS) is 13.6. The van der Waals surface area contributed by atoms with Gasteiger partial charge in [0.15, 0.2) is 0 Å². The Balaban J connectivity index is 1.59. The van der Waals surface area contributed by atoms with Gasteiger partial charge in [-0.1, -0.05) is 26.0 Å². The molecule has 31 heavy (non-hydrogen) atoms. The van der Waals surface area contributed by atoms with Crippen LogP contribution in [0.1, 0.15) is 29.1 Å². The summed E-state index contributed by atoms with van der Waals surface area (Å²) in [7, 11) is -3.54. The second-order valence-corrected chi connectivity index (χ2v) is 10.3. The van der Waals surface area contributed by atoms with E-state index >= 15 is 0 Å². The molecule has 0 saturated carbocycles. The molecule has 162 valence electrons. The minimum Gasteiger partial charge on any atom is -0.307 e. The summed E-state index contributed by atoms with van der Waals surface area (Å²) in [6, 6.07) is 14.8. The molecule has 0 spiro atoms. The molecule has 0 radical (unpaired) electrons. The zero-order chi connectivity index (χ0) is 22.2. The standard InChI is InChI=1S/C23H23FN2O3S2/c1-3-25(4-2)31(28,29)19-9-10-20-17(15-19)13-14-26(20)23(27)22-12-11-21(30-22)16-5-7-18(24)8-6-16/h5-12,15H,3-4,13-14H2,1-2H3. The van der Waals surface area contributed by atoms with Crippen LogP contribution in [0.5, 0.6) is 0 Å². The van der Waals surface area contributed by atoms with Crippen molar-refractivity contribution in [2.24, 2.45) is 0 Å². The number of anilines is 1. The molecule has 0 bridgehead atoms. The number of nitrogens with zero attached hydrogens (tertiary/aromatic N) is 2. The third-order valence-electron chi connectivity index (χ3n) is 5.48. The molecular formula is C23H23FN2O3S2. The predicted octanol–water partition coefficient (Wildman–Crippen LogP) is 4.79. The number of benzene rings is 2. The van der Waals surface area contributed by atoms with Gasteiger partial charge in [0, 0.05) is 30.2 Å². The Hall–Kier alpha value is -2.55. The van der Waals surface area contributed by atoms with Crippen LogP contribution in [0.2, 0.25) is 0 Å². The second kappa shape index (κ2) is 8.53. The summed E-state index contributed by atoms with van der Waals surface area (Å²) in [6.45, 7) is 4.96. The maximum Gasteiger partial charge on any atom is 0.268 e. The van der Waals surface area contributed by atoms with Crippen LogP contribution < -0.4 is 4.90 Å². The maximum atomic E-state index is 13.2. The van der Waals surface area contributed by atoms with Gasteiger partial charge in [0.05, 0.1) is 9.77 Å². The first kappa shape index (κ1) is 21.7. The molecule has 1 amide bonds. The molecule has 2 aromatic carbocycles. The van der Waals surface area contributed by atoms with Crippen molar-refractivity contribution in [2.45, 2.75) is 25.2 Å². The van der Waals surface area contributed by atoms with E-state index in [1.165, 1.54) is 27.8 Å². The van der Waals surface area contributed by atoms with Crippen molar-refractivity contribution in [3.63, 3.8) is 0 Å². The second-order valence-electron chi connectivity index (χ2n) is 7.26. The molecule has 2 heterocycles. The van der Waals surface area contributed by atoms with Gasteiger partial charge in [-0.05, 0) is 60.0 Å². The van der Waals surface area contributed by atoms with E-state index < -0.39 is 10.0 Å². The zero-order valence-corrected chi connectivity index (χ0v) is 19.0. The fourth-order valence-corrected chi connectivity index (χ4v) is 6.29. The maximum absolute atomic E-state index is 13.2. The molecule has 0 N–H and O–H groups in total. The molecule has 1 aliphatic rings. The number of carbonyl (C=O) groups is 1. The summed E-state index contributed by atoms with van der Waals surface area (Å²) >= 11 is 1.36. The number of hydrogen-bond donors (Lipinski definition) is 0. The average Bonchev–Trinajstić information content (AvgIpc) is 3.41. The molecule has 3 aromatic rings. The van der Waals surface area contributed by atoms with Gasteiger partial charge in [-0.15, -0.1) is 11.3 Å². The topological polar surface area (TPSA) is 57.7 Å². The zero-order valence-electron chi connectivity index (χ0n) is 17.3. The molecule has 4 rings (SSSR count). The highest BCUT2D eigenvalue weighted by Crippen LogP contribution is 2.35. The number of thiophene rings is 1. The van der Waals surface area contributed by atoms with Gasteiger partial charge in [-0.3, -0.25) is 4.79 Å². The molecule has 0 saturated heterocycles. The number of rotatable bonds is 6. The van der Waals surface area contributed by atoms with Crippen LogP contribution in [0.25, 0.3) is 10.4 Å². The summed E-state index contributed by atoms with van der Waals surface area (Å²) in [6.07, 6.45) is 0.610. The average molecular weight is 459 g/mol. The Kier molecular flexibility index (Phi) is 5.96. The van der Waals surface area contributed by atoms with Crippen LogP contribution >= 0.6 is 11.3 Å². The smallest absolute Gasteiger partial charge is 0.268 e. The third kappa shape index (κ3) is 4.03. The lowest BCUT2D eigenvalue weighted by Crippen LogP contribution is -2.30. The fraction of sp³-hybridized carbons (Fsp3) is 0.261. The van der Waals surface area contributed by atoms with Crippen LogP contribution in [0.15, 0.2) is 59.5 Å². The third-order valence-corrected chi connectivity index (χ3v) is 8.65. The van der Waals surface area contributed by atoms with E-state index in [0.717, 1.165) is 21.7 Å². The highest BCUT2D eigenvalue weighted by molar-refractivity contribution is 7.89. The molecule has 1 aliphatic heterocycles. The van der Waals surface area contributed by atoms with E-state index in [4.69, 9.17) is 0 Å². The number of fused-ring (bicyclic) bond motifs is 1. The number of halogens is 1. The van der Waals surface area contributed by atoms with E-state index in [1.54, 1.807) is 41.3 Å². The minimum absolute atomic E-state index is 0.114. The van der Waals surface area contributed by atoms with E-state index in [2.05, 4.69) is 0 Å². The van der Waals surface area contributed by atoms with Gasteiger partial charge < -0.3 is 4.90 Å². The number of hydrogen-bond acceptors (Lipinski definition) is 4. The lowest BCUT2D eigenvalue weighted by atomic mass is 10.2. The van der Waals surface area contributed by atoms with Crippen LogP contribution in [0, 0.1) is 5.82 Å². The molecule has 0 aliphatic carbocycles. The summed E-state index contributed by atoms with van der Waals surface area (Å²) in [4.78, 5) is 16.6. The van der Waals surface area contributed by atoms with Crippen LogP contribution in [-0.4, -0.2) is 38.3 Å². The number of amides is 1. The fourth-order valence-electron chi connectivity index (χ4n) is 3.82. The van der Waals surface area contributed by atoms with E-state index in [0.29, 0.717) is 30.9 Å². The molecule has 0 unspecified atom stereocenters. The first-order chi connectivity index (χ1) is 14.8. The van der Waals surface area contributed by atoms with Crippen LogP contribution in [0.3, 0.4) is 0 Å². The first-order valence-electron chi connectivity index (χ1n) is 10.2. The van der Waals surface area contributed by atoms with Crippen molar-refractivity contribution >= 4 is 33.0 Å². The minimum atomic E-state index is -3.54. The molecule has 0 fully saturated rings. The Morgan fingerprint density at radius 1 is 1.06 bits per heavy atom. The first-order valence-corrected chi connectivity index (χ1v) is 12.4. The van der Waals surface area contributed by atoms with Gasteiger partial charge in [0.1, 0.15) is 5.82 Å². The number of sulfonamides is 1. The van der Waals surface area contributed by atoms with Gasteiger partial charge >= 0.3 is 0 Å². The summed E-state index contributed by atoms with van der Waals surface area (Å²) in [5.41, 5.74) is 2.47. The van der Waals surface area contributed by atoms with Crippen molar-refractivity contribution in [1.82, 2.24) is 4.31 Å². The Morgan fingerprint density at radius 2 is 1.77 bits per heavy atom. The van der Waals surface area contributed by atoms with Crippen LogP contribution in [-0.2, 0) is 16.4 Å². The Bertz CT molecular complexity index is 1220. The van der Waals surface area contributed by atoms with Gasteiger partial charge in [-0.2, -0.15) is 4.31 Å². The predicted molar refractivity (Wildman–Crippen MR) is 122 cm³/mol. The van der Waals surface area contributed by atoms with Crippen molar-refractivity contribution in [1.29, 1.82) is 0 Å². The molecule has 5 nitrogen and oxygen atoms in total. The molecular weight excluding hydrogens is 435 g/mol. The van der Waals surface area contributed by atoms with Gasteiger partial charge in [0.2, 0.25) is 10.0 Å². The van der Waals surface area contributed by atoms with Crippen molar-refractivity contribution in [3.05, 3.63) is 70.9 Å². The Morgan fingerprint density at radius 3 is 2.45 bits per heavy atom. The lowest BCUT2D eigenvalue weighted by Gasteiger charge is -2.20. The van der Waals surface area contributed by atoms with E-state index in [1.807, 2.05) is 19.9 Å². The van der Waals surface area contributed by atoms with Gasteiger partial charge in [0.25, 0.3) is 5.91 Å². The summed E-state index contributed by atoms with van der Waals surface area (Å²) in [5.74, 6) is -0.413. The van der Waals surface area contributed by atoms with Crippen LogP contribution in [0.4, 0.5) is 10.1 Å². The molecule has 8 heteroatoms. The van der Waals surface area contributed by atoms with Crippen molar-refractivity contribution in [2.75, 3.05) is 24.5 Å². The van der Waals surface area contributed by atoms with E-state index in [9.17, 15) is 17.6 Å². The summed E-state index contributed by atoms with van der Waals surface area (Å²) < 4.78 is 40.2. The Labute approximate surface area is 185 Å². The highest BCUT2D eigenvalue weighted by atomic mass is 32.2. The number of carbonyl (C=O) groups excluding carboxylic acids is 1. The van der Waals surface area contributed by atoms with Crippen molar-refractivity contribution < 1.29 is 17.6 Å². The SMILES string of the molecule is CCN(CC)S(=O)(=O)c1ccc2c(c1)CCN2C(=O)c1ccc(-c2ccc(F)cc2)s1. The van der Waals surface area contributed by atoms with Crippen molar-refractivity contribution in [3.8, 4) is 10.4 Å². The quantitative estimate of drug-likeness (QED) is 0.534. The summed E-state index contributed by atoms with van der Waals surface area (Å²) in [5, 5.41) is 0. The molecule has 1 aromatic heterocycles.